The molecule has 1 fully saturated rings. The van der Waals surface area contributed by atoms with E-state index in [2.05, 4.69) is 15.0 Å². The number of benzene rings is 1. The number of pyridine rings is 1. The molecule has 1 aromatic carbocycles. The highest BCUT2D eigenvalue weighted by molar-refractivity contribution is 5.73. The summed E-state index contributed by atoms with van der Waals surface area (Å²) in [5.74, 6) is -1.64. The first-order valence-electron chi connectivity index (χ1n) is 8.15. The number of alkyl halides is 3. The van der Waals surface area contributed by atoms with Crippen LogP contribution >= 0.6 is 0 Å². The van der Waals surface area contributed by atoms with E-state index in [0.29, 0.717) is 24.3 Å². The van der Waals surface area contributed by atoms with Crippen LogP contribution in [0.25, 0.3) is 11.3 Å². The fraction of sp³-hybridized carbons (Fsp3) is 0.333. The maximum atomic E-state index is 13.9. The molecule has 144 valence electrons. The number of amides is 1. The van der Waals surface area contributed by atoms with E-state index in [1.807, 2.05) is 0 Å². The number of ether oxygens (including phenoxy) is 2. The van der Waals surface area contributed by atoms with Gasteiger partial charge in [0.05, 0.1) is 5.69 Å². The molecule has 0 spiro atoms. The summed E-state index contributed by atoms with van der Waals surface area (Å²) in [5.41, 5.74) is 0.639. The van der Waals surface area contributed by atoms with Crippen LogP contribution in [0.5, 0.6) is 11.5 Å². The second kappa shape index (κ2) is 7.42. The molecule has 3 rings (SSSR count). The Morgan fingerprint density at radius 1 is 1.22 bits per heavy atom. The van der Waals surface area contributed by atoms with Gasteiger partial charge in [-0.05, 0) is 24.3 Å². The highest BCUT2D eigenvalue weighted by Gasteiger charge is 2.33. The van der Waals surface area contributed by atoms with Crippen molar-refractivity contribution in [3.63, 3.8) is 0 Å². The third-order valence-corrected chi connectivity index (χ3v) is 3.99. The van der Waals surface area contributed by atoms with Crippen molar-refractivity contribution in [3.8, 4) is 22.8 Å². The van der Waals surface area contributed by atoms with Crippen molar-refractivity contribution >= 4 is 5.91 Å². The molecule has 0 aliphatic heterocycles. The molecule has 9 heteroatoms. The first kappa shape index (κ1) is 18.9. The quantitative estimate of drug-likeness (QED) is 0.796. The van der Waals surface area contributed by atoms with Crippen LogP contribution in [0.15, 0.2) is 36.5 Å². The van der Waals surface area contributed by atoms with E-state index >= 15 is 0 Å². The zero-order valence-electron chi connectivity index (χ0n) is 14.2. The number of halogens is 4. The minimum absolute atomic E-state index is 0.0589. The topological polar surface area (TPSA) is 60.5 Å². The Bertz CT molecular complexity index is 836. The number of carbonyl (C=O) groups is 1. The van der Waals surface area contributed by atoms with Crippen molar-refractivity contribution < 1.29 is 31.8 Å². The highest BCUT2D eigenvalue weighted by atomic mass is 19.4. The van der Waals surface area contributed by atoms with Gasteiger partial charge in [-0.2, -0.15) is 0 Å². The predicted molar refractivity (Wildman–Crippen MR) is 87.6 cm³/mol. The minimum Gasteiger partial charge on any atom is -0.490 e. The number of hydrogen-bond donors (Lipinski definition) is 1. The second-order valence-electron chi connectivity index (χ2n) is 6.18. The summed E-state index contributed by atoms with van der Waals surface area (Å²) in [4.78, 5) is 15.1. The van der Waals surface area contributed by atoms with Crippen molar-refractivity contribution in [2.75, 3.05) is 0 Å². The fourth-order valence-electron chi connectivity index (χ4n) is 2.77. The van der Waals surface area contributed by atoms with Gasteiger partial charge < -0.3 is 14.8 Å². The van der Waals surface area contributed by atoms with Gasteiger partial charge in [-0.3, -0.25) is 9.78 Å². The van der Waals surface area contributed by atoms with Crippen LogP contribution in [0.4, 0.5) is 17.6 Å². The highest BCUT2D eigenvalue weighted by Crippen LogP contribution is 2.31. The summed E-state index contributed by atoms with van der Waals surface area (Å²) in [5, 5.41) is 2.79. The van der Waals surface area contributed by atoms with Gasteiger partial charge in [0.15, 0.2) is 11.6 Å². The average molecular weight is 384 g/mol. The van der Waals surface area contributed by atoms with Crippen molar-refractivity contribution in [2.24, 2.45) is 0 Å². The van der Waals surface area contributed by atoms with Crippen LogP contribution in [0.2, 0.25) is 0 Å². The first-order chi connectivity index (χ1) is 12.7. The van der Waals surface area contributed by atoms with Gasteiger partial charge in [-0.1, -0.05) is 0 Å². The molecule has 1 aromatic heterocycles. The second-order valence-corrected chi connectivity index (χ2v) is 6.18. The van der Waals surface area contributed by atoms with Gasteiger partial charge in [-0.25, -0.2) is 4.39 Å². The Kier molecular flexibility index (Phi) is 5.20. The van der Waals surface area contributed by atoms with Gasteiger partial charge in [0, 0.05) is 43.6 Å². The van der Waals surface area contributed by atoms with Crippen molar-refractivity contribution in [1.82, 2.24) is 10.3 Å². The Balaban J connectivity index is 1.67. The van der Waals surface area contributed by atoms with E-state index in [1.54, 1.807) is 12.1 Å². The van der Waals surface area contributed by atoms with E-state index in [9.17, 15) is 22.4 Å². The molecule has 27 heavy (non-hydrogen) atoms. The summed E-state index contributed by atoms with van der Waals surface area (Å²) in [6.45, 7) is 1.45. The van der Waals surface area contributed by atoms with Gasteiger partial charge in [0.25, 0.3) is 0 Å². The Labute approximate surface area is 152 Å². The SMILES string of the molecule is CC(=O)N[C@H]1C[C@H](Oc2ccnc(-c3ccc(OC(F)(F)F)c(F)c3)c2)C1. The molecular weight excluding hydrogens is 368 g/mol. The largest absolute Gasteiger partial charge is 0.573 e. The van der Waals surface area contributed by atoms with Crippen LogP contribution in [-0.2, 0) is 4.79 Å². The number of nitrogens with zero attached hydrogens (tertiary/aromatic N) is 1. The van der Waals surface area contributed by atoms with Crippen molar-refractivity contribution in [2.45, 2.75) is 38.3 Å². The molecule has 0 bridgehead atoms. The van der Waals surface area contributed by atoms with E-state index in [0.717, 1.165) is 12.1 Å². The Morgan fingerprint density at radius 2 is 1.96 bits per heavy atom. The number of carbonyl (C=O) groups excluding carboxylic acids is 1. The van der Waals surface area contributed by atoms with Crippen LogP contribution in [0.1, 0.15) is 19.8 Å². The summed E-state index contributed by atoms with van der Waals surface area (Å²) < 4.78 is 59.9. The van der Waals surface area contributed by atoms with Gasteiger partial charge in [-0.15, -0.1) is 13.2 Å². The Hall–Kier alpha value is -2.84. The zero-order chi connectivity index (χ0) is 19.6. The molecular formula is C18H16F4N2O3. The van der Waals surface area contributed by atoms with Crippen LogP contribution in [0, 0.1) is 5.82 Å². The van der Waals surface area contributed by atoms with E-state index in [4.69, 9.17) is 4.74 Å². The van der Waals surface area contributed by atoms with Crippen molar-refractivity contribution in [1.29, 1.82) is 0 Å². The molecule has 0 saturated heterocycles. The molecule has 1 heterocycles. The molecule has 2 aromatic rings. The Morgan fingerprint density at radius 3 is 2.59 bits per heavy atom. The minimum atomic E-state index is -4.97. The first-order valence-corrected chi connectivity index (χ1v) is 8.15. The molecule has 1 N–H and O–H groups in total. The lowest BCUT2D eigenvalue weighted by Gasteiger charge is -2.35. The molecule has 0 unspecified atom stereocenters. The van der Waals surface area contributed by atoms with Crippen LogP contribution < -0.4 is 14.8 Å². The summed E-state index contributed by atoms with van der Waals surface area (Å²) in [6.07, 6.45) is -2.21. The van der Waals surface area contributed by atoms with Gasteiger partial charge in [0.1, 0.15) is 11.9 Å². The summed E-state index contributed by atoms with van der Waals surface area (Å²) in [7, 11) is 0. The zero-order valence-corrected chi connectivity index (χ0v) is 14.2. The normalized spacial score (nSPS) is 19.1. The number of nitrogens with one attached hydrogen (secondary N) is 1. The summed E-state index contributed by atoms with van der Waals surface area (Å²) >= 11 is 0. The molecule has 0 radical (unpaired) electrons. The monoisotopic (exact) mass is 384 g/mol. The predicted octanol–water partition coefficient (Wildman–Crippen LogP) is 3.83. The molecule has 0 atom stereocenters. The molecule has 1 amide bonds. The van der Waals surface area contributed by atoms with E-state index in [1.165, 1.54) is 19.2 Å². The number of aromatic nitrogens is 1. The molecule has 1 aliphatic rings. The maximum Gasteiger partial charge on any atom is 0.573 e. The van der Waals surface area contributed by atoms with Gasteiger partial charge in [0.2, 0.25) is 5.91 Å². The van der Waals surface area contributed by atoms with E-state index < -0.39 is 17.9 Å². The summed E-state index contributed by atoms with van der Waals surface area (Å²) in [6, 6.07) is 6.40. The fourth-order valence-corrected chi connectivity index (χ4v) is 2.77. The molecule has 5 nitrogen and oxygen atoms in total. The van der Waals surface area contributed by atoms with Crippen molar-refractivity contribution in [3.05, 3.63) is 42.3 Å². The molecule has 1 aliphatic carbocycles. The smallest absolute Gasteiger partial charge is 0.490 e. The maximum absolute atomic E-state index is 13.9. The van der Waals surface area contributed by atoms with Crippen LogP contribution in [0.3, 0.4) is 0 Å². The third-order valence-electron chi connectivity index (χ3n) is 3.99. The molecule has 1 saturated carbocycles. The lowest BCUT2D eigenvalue weighted by atomic mass is 9.89. The average Bonchev–Trinajstić information content (AvgIpc) is 2.53. The number of rotatable bonds is 5. The lowest BCUT2D eigenvalue weighted by Crippen LogP contribution is -2.48. The lowest BCUT2D eigenvalue weighted by molar-refractivity contribution is -0.275. The standard InChI is InChI=1S/C18H16F4N2O3/c1-10(25)24-12-7-14(8-12)26-13-4-5-23-16(9-13)11-2-3-17(15(19)6-11)27-18(20,21)22/h2-6,9,12,14H,7-8H2,1H3,(H,24,25)/t12-,14-. The van der Waals surface area contributed by atoms with Gasteiger partial charge >= 0.3 is 6.36 Å². The van der Waals surface area contributed by atoms with E-state index in [-0.39, 0.29) is 23.6 Å². The third kappa shape index (κ3) is 5.08. The van der Waals surface area contributed by atoms with Crippen LogP contribution in [-0.4, -0.2) is 29.4 Å². The number of hydrogen-bond acceptors (Lipinski definition) is 4.